The number of hydrogen-bond donors (Lipinski definition) is 3. The van der Waals surface area contributed by atoms with Gasteiger partial charge in [0.05, 0.1) is 6.10 Å². The third-order valence-corrected chi connectivity index (χ3v) is 4.65. The van der Waals surface area contributed by atoms with Gasteiger partial charge in [-0.2, -0.15) is 0 Å². The van der Waals surface area contributed by atoms with Crippen molar-refractivity contribution in [3.05, 3.63) is 4.88 Å². The summed E-state index contributed by atoms with van der Waals surface area (Å²) in [7, 11) is 1.75. The van der Waals surface area contributed by atoms with Gasteiger partial charge in [-0.05, 0) is 25.7 Å². The van der Waals surface area contributed by atoms with Crippen molar-refractivity contribution in [2.24, 2.45) is 5.92 Å². The molecule has 7 heteroatoms. The molecule has 0 radical (unpaired) electrons. The van der Waals surface area contributed by atoms with Crippen LogP contribution >= 0.6 is 11.3 Å². The fourth-order valence-electron chi connectivity index (χ4n) is 2.32. The SMILES string of the molecule is CNc1nc(N)c(C(=O)N2CCC(C(C)O)CC2)s1. The van der Waals surface area contributed by atoms with Crippen LogP contribution in [0.4, 0.5) is 10.9 Å². The summed E-state index contributed by atoms with van der Waals surface area (Å²) in [6.07, 6.45) is 1.36. The standard InChI is InChI=1S/C12H20N4O2S/c1-7(17)8-3-5-16(6-4-8)11(18)9-10(13)15-12(14-2)19-9/h7-8,17H,3-6,13H2,1-2H3,(H,14,15). The third-order valence-electron chi connectivity index (χ3n) is 3.57. The highest BCUT2D eigenvalue weighted by Gasteiger charge is 2.28. The minimum Gasteiger partial charge on any atom is -0.393 e. The molecule has 4 N–H and O–H groups in total. The maximum absolute atomic E-state index is 12.4. The fourth-order valence-corrected chi connectivity index (χ4v) is 3.13. The van der Waals surface area contributed by atoms with Crippen LogP contribution in [-0.2, 0) is 0 Å². The number of nitrogen functional groups attached to an aromatic ring is 1. The van der Waals surface area contributed by atoms with Gasteiger partial charge in [0, 0.05) is 20.1 Å². The van der Waals surface area contributed by atoms with E-state index < -0.39 is 0 Å². The lowest BCUT2D eigenvalue weighted by Crippen LogP contribution is -2.40. The molecule has 6 nitrogen and oxygen atoms in total. The number of likely N-dealkylation sites (tertiary alicyclic amines) is 1. The van der Waals surface area contributed by atoms with Crippen LogP contribution in [0.2, 0.25) is 0 Å². The van der Waals surface area contributed by atoms with Crippen molar-refractivity contribution in [3.63, 3.8) is 0 Å². The van der Waals surface area contributed by atoms with Gasteiger partial charge in [-0.1, -0.05) is 11.3 Å². The molecular weight excluding hydrogens is 264 g/mol. The van der Waals surface area contributed by atoms with E-state index in [0.717, 1.165) is 12.8 Å². The number of anilines is 2. The van der Waals surface area contributed by atoms with Crippen molar-refractivity contribution in [2.45, 2.75) is 25.9 Å². The zero-order valence-electron chi connectivity index (χ0n) is 11.2. The van der Waals surface area contributed by atoms with E-state index >= 15 is 0 Å². The second-order valence-electron chi connectivity index (χ2n) is 4.85. The van der Waals surface area contributed by atoms with Crippen molar-refractivity contribution in [1.29, 1.82) is 0 Å². The van der Waals surface area contributed by atoms with Crippen LogP contribution < -0.4 is 11.1 Å². The van der Waals surface area contributed by atoms with Crippen LogP contribution in [0.25, 0.3) is 0 Å². The van der Waals surface area contributed by atoms with Crippen molar-refractivity contribution in [3.8, 4) is 0 Å². The Hall–Kier alpha value is -1.34. The number of nitrogens with two attached hydrogens (primary N) is 1. The molecule has 2 heterocycles. The maximum Gasteiger partial charge on any atom is 0.267 e. The number of carbonyl (C=O) groups is 1. The van der Waals surface area contributed by atoms with E-state index in [1.807, 2.05) is 6.92 Å². The Morgan fingerprint density at radius 1 is 1.58 bits per heavy atom. The van der Waals surface area contributed by atoms with Gasteiger partial charge in [-0.25, -0.2) is 4.98 Å². The molecule has 0 aliphatic carbocycles. The van der Waals surface area contributed by atoms with Gasteiger partial charge in [0.1, 0.15) is 10.7 Å². The number of amides is 1. The molecule has 0 bridgehead atoms. The Morgan fingerprint density at radius 2 is 2.21 bits per heavy atom. The van der Waals surface area contributed by atoms with E-state index in [9.17, 15) is 9.90 Å². The number of piperidine rings is 1. The summed E-state index contributed by atoms with van der Waals surface area (Å²) < 4.78 is 0. The molecule has 0 saturated carbocycles. The summed E-state index contributed by atoms with van der Waals surface area (Å²) in [6, 6.07) is 0. The second-order valence-corrected chi connectivity index (χ2v) is 5.85. The van der Waals surface area contributed by atoms with E-state index in [2.05, 4.69) is 10.3 Å². The highest BCUT2D eigenvalue weighted by atomic mass is 32.1. The van der Waals surface area contributed by atoms with Crippen molar-refractivity contribution < 1.29 is 9.90 Å². The summed E-state index contributed by atoms with van der Waals surface area (Å²) in [4.78, 5) is 18.7. The monoisotopic (exact) mass is 284 g/mol. The van der Waals surface area contributed by atoms with E-state index in [4.69, 9.17) is 5.73 Å². The Bertz CT molecular complexity index is 453. The van der Waals surface area contributed by atoms with Crippen molar-refractivity contribution in [1.82, 2.24) is 9.88 Å². The molecule has 19 heavy (non-hydrogen) atoms. The molecule has 1 unspecified atom stereocenters. The van der Waals surface area contributed by atoms with Gasteiger partial charge in [-0.3, -0.25) is 4.79 Å². The summed E-state index contributed by atoms with van der Waals surface area (Å²) in [5.41, 5.74) is 5.77. The average Bonchev–Trinajstić information content (AvgIpc) is 2.79. The highest BCUT2D eigenvalue weighted by molar-refractivity contribution is 7.18. The Morgan fingerprint density at radius 3 is 2.68 bits per heavy atom. The number of nitrogens with one attached hydrogen (secondary N) is 1. The molecule has 1 aliphatic rings. The van der Waals surface area contributed by atoms with E-state index in [1.165, 1.54) is 11.3 Å². The normalized spacial score (nSPS) is 18.4. The quantitative estimate of drug-likeness (QED) is 0.770. The summed E-state index contributed by atoms with van der Waals surface area (Å²) in [5, 5.41) is 13.1. The molecule has 1 amide bonds. The molecule has 1 saturated heterocycles. The fraction of sp³-hybridized carbons (Fsp3) is 0.667. The molecule has 1 atom stereocenters. The molecule has 0 aromatic carbocycles. The van der Waals surface area contributed by atoms with Gasteiger partial charge in [-0.15, -0.1) is 0 Å². The zero-order chi connectivity index (χ0) is 14.0. The first kappa shape index (κ1) is 14.1. The van der Waals surface area contributed by atoms with Gasteiger partial charge < -0.3 is 21.1 Å². The van der Waals surface area contributed by atoms with Crippen LogP contribution in [0.15, 0.2) is 0 Å². The van der Waals surface area contributed by atoms with Crippen LogP contribution in [0.5, 0.6) is 0 Å². The van der Waals surface area contributed by atoms with Crippen LogP contribution in [0.3, 0.4) is 0 Å². The Kier molecular flexibility index (Phi) is 4.26. The van der Waals surface area contributed by atoms with Gasteiger partial charge in [0.2, 0.25) is 0 Å². The maximum atomic E-state index is 12.4. The van der Waals surface area contributed by atoms with Gasteiger partial charge in [0.25, 0.3) is 5.91 Å². The summed E-state index contributed by atoms with van der Waals surface area (Å²) in [5.74, 6) is 0.522. The van der Waals surface area contributed by atoms with Gasteiger partial charge in [0.15, 0.2) is 5.13 Å². The molecular formula is C12H20N4O2S. The number of rotatable bonds is 3. The number of hydrogen-bond acceptors (Lipinski definition) is 6. The molecule has 2 rings (SSSR count). The topological polar surface area (TPSA) is 91.5 Å². The van der Waals surface area contributed by atoms with Crippen molar-refractivity contribution in [2.75, 3.05) is 31.2 Å². The highest BCUT2D eigenvalue weighted by Crippen LogP contribution is 2.28. The second kappa shape index (κ2) is 5.75. The average molecular weight is 284 g/mol. The van der Waals surface area contributed by atoms with E-state index in [-0.39, 0.29) is 23.7 Å². The summed E-state index contributed by atoms with van der Waals surface area (Å²) in [6.45, 7) is 3.14. The Labute approximate surface area is 116 Å². The third kappa shape index (κ3) is 2.98. The zero-order valence-corrected chi connectivity index (χ0v) is 12.0. The molecule has 1 fully saturated rings. The molecule has 1 aliphatic heterocycles. The number of thiazole rings is 1. The molecule has 0 spiro atoms. The number of nitrogens with zero attached hydrogens (tertiary/aromatic N) is 2. The smallest absolute Gasteiger partial charge is 0.267 e. The molecule has 1 aromatic rings. The molecule has 1 aromatic heterocycles. The van der Waals surface area contributed by atoms with Crippen LogP contribution in [0, 0.1) is 5.92 Å². The summed E-state index contributed by atoms with van der Waals surface area (Å²) >= 11 is 1.28. The predicted octanol–water partition coefficient (Wildman–Crippen LogP) is 1.00. The number of aromatic nitrogens is 1. The van der Waals surface area contributed by atoms with Crippen molar-refractivity contribution >= 4 is 28.2 Å². The number of aliphatic hydroxyl groups is 1. The van der Waals surface area contributed by atoms with E-state index in [0.29, 0.717) is 23.1 Å². The van der Waals surface area contributed by atoms with Crippen LogP contribution in [0.1, 0.15) is 29.4 Å². The Balaban J connectivity index is 2.03. The van der Waals surface area contributed by atoms with Gasteiger partial charge >= 0.3 is 0 Å². The lowest BCUT2D eigenvalue weighted by atomic mass is 9.92. The van der Waals surface area contributed by atoms with E-state index in [1.54, 1.807) is 11.9 Å². The first-order chi connectivity index (χ1) is 9.02. The lowest BCUT2D eigenvalue weighted by Gasteiger charge is -2.33. The minimum atomic E-state index is -0.304. The van der Waals surface area contributed by atoms with Crippen LogP contribution in [-0.4, -0.2) is 47.1 Å². The first-order valence-corrected chi connectivity index (χ1v) is 7.26. The lowest BCUT2D eigenvalue weighted by molar-refractivity contribution is 0.0525. The largest absolute Gasteiger partial charge is 0.393 e. The first-order valence-electron chi connectivity index (χ1n) is 6.44. The minimum absolute atomic E-state index is 0.0551. The number of aliphatic hydroxyl groups excluding tert-OH is 1. The molecule has 106 valence electrons. The predicted molar refractivity (Wildman–Crippen MR) is 76.4 cm³/mol. The number of carbonyl (C=O) groups excluding carboxylic acids is 1.